The molecule has 0 spiro atoms. The minimum Gasteiger partial charge on any atom is -0.476 e. The minimum absolute atomic E-state index is 0.201. The van der Waals surface area contributed by atoms with Crippen molar-refractivity contribution in [3.05, 3.63) is 60.3 Å². The molecule has 1 N–H and O–H groups in total. The molecule has 2 aromatic carbocycles. The van der Waals surface area contributed by atoms with Gasteiger partial charge in [0.05, 0.1) is 5.52 Å². The van der Waals surface area contributed by atoms with Crippen LogP contribution in [-0.4, -0.2) is 21.3 Å². The second-order valence-electron chi connectivity index (χ2n) is 4.12. The summed E-state index contributed by atoms with van der Waals surface area (Å²) in [6, 6.07) is 16.1. The van der Waals surface area contributed by atoms with Gasteiger partial charge in [-0.2, -0.15) is 0 Å². The number of carboxylic acids is 1. The van der Waals surface area contributed by atoms with Crippen molar-refractivity contribution in [3.8, 4) is 11.5 Å². The van der Waals surface area contributed by atoms with Crippen LogP contribution in [0.1, 0.15) is 10.5 Å². The molecule has 98 valence electrons. The SMILES string of the molecule is O=C(O)c1nnc2ccccc2c1Oc1ccccc1. The number of aromatic carboxylic acids is 1. The van der Waals surface area contributed by atoms with Gasteiger partial charge in [-0.1, -0.05) is 30.3 Å². The molecular weight excluding hydrogens is 256 g/mol. The zero-order chi connectivity index (χ0) is 13.9. The van der Waals surface area contributed by atoms with Crippen molar-refractivity contribution in [1.29, 1.82) is 0 Å². The minimum atomic E-state index is -1.17. The fourth-order valence-electron chi connectivity index (χ4n) is 1.88. The fraction of sp³-hybridized carbons (Fsp3) is 0. The fourth-order valence-corrected chi connectivity index (χ4v) is 1.88. The Balaban J connectivity index is 2.20. The average molecular weight is 266 g/mol. The quantitative estimate of drug-likeness (QED) is 0.788. The molecule has 0 aliphatic rings. The number of carbonyl (C=O) groups is 1. The van der Waals surface area contributed by atoms with Crippen molar-refractivity contribution >= 4 is 16.9 Å². The normalized spacial score (nSPS) is 10.4. The summed E-state index contributed by atoms with van der Waals surface area (Å²) in [5.41, 5.74) is 0.385. The van der Waals surface area contributed by atoms with E-state index in [1.165, 1.54) is 0 Å². The van der Waals surface area contributed by atoms with E-state index >= 15 is 0 Å². The van der Waals surface area contributed by atoms with E-state index in [9.17, 15) is 9.90 Å². The van der Waals surface area contributed by atoms with Crippen molar-refractivity contribution in [2.45, 2.75) is 0 Å². The first-order chi connectivity index (χ1) is 9.75. The lowest BCUT2D eigenvalue weighted by atomic mass is 10.2. The van der Waals surface area contributed by atoms with Gasteiger partial charge in [0.15, 0.2) is 5.75 Å². The predicted octanol–water partition coefficient (Wildman–Crippen LogP) is 3.12. The van der Waals surface area contributed by atoms with Gasteiger partial charge in [0, 0.05) is 5.39 Å². The maximum Gasteiger partial charge on any atom is 0.360 e. The van der Waals surface area contributed by atoms with Gasteiger partial charge < -0.3 is 9.84 Å². The van der Waals surface area contributed by atoms with Crippen LogP contribution in [0.2, 0.25) is 0 Å². The van der Waals surface area contributed by atoms with E-state index in [1.807, 2.05) is 24.3 Å². The van der Waals surface area contributed by atoms with Crippen LogP contribution in [0.25, 0.3) is 10.9 Å². The molecule has 0 fully saturated rings. The Bertz CT molecular complexity index is 772. The van der Waals surface area contributed by atoms with E-state index in [1.54, 1.807) is 30.3 Å². The lowest BCUT2D eigenvalue weighted by Gasteiger charge is -2.10. The molecule has 0 atom stereocenters. The van der Waals surface area contributed by atoms with Crippen molar-refractivity contribution in [2.24, 2.45) is 0 Å². The molecular formula is C15H10N2O3. The Morgan fingerprint density at radius 1 is 0.950 bits per heavy atom. The second-order valence-corrected chi connectivity index (χ2v) is 4.12. The van der Waals surface area contributed by atoms with E-state index in [4.69, 9.17) is 4.74 Å². The van der Waals surface area contributed by atoms with Gasteiger partial charge in [0.2, 0.25) is 5.69 Å². The van der Waals surface area contributed by atoms with Gasteiger partial charge >= 0.3 is 5.97 Å². The first-order valence-corrected chi connectivity index (χ1v) is 5.97. The van der Waals surface area contributed by atoms with E-state index in [0.29, 0.717) is 16.7 Å². The standard InChI is InChI=1S/C15H10N2O3/c18-15(19)13-14(20-10-6-2-1-3-7-10)11-8-4-5-9-12(11)16-17-13/h1-9H,(H,18,19). The molecule has 0 aliphatic carbocycles. The van der Waals surface area contributed by atoms with Gasteiger partial charge in [-0.3, -0.25) is 0 Å². The first kappa shape index (κ1) is 12.1. The molecule has 20 heavy (non-hydrogen) atoms. The molecule has 0 bridgehead atoms. The summed E-state index contributed by atoms with van der Waals surface area (Å²) < 4.78 is 5.70. The third kappa shape index (κ3) is 2.16. The monoisotopic (exact) mass is 266 g/mol. The number of rotatable bonds is 3. The van der Waals surface area contributed by atoms with Gasteiger partial charge in [-0.05, 0) is 24.3 Å². The number of nitrogens with zero attached hydrogens (tertiary/aromatic N) is 2. The number of para-hydroxylation sites is 1. The zero-order valence-electron chi connectivity index (χ0n) is 10.4. The summed E-state index contributed by atoms with van der Waals surface area (Å²) in [6.45, 7) is 0. The predicted molar refractivity (Wildman–Crippen MR) is 73.0 cm³/mol. The maximum atomic E-state index is 11.3. The number of fused-ring (bicyclic) bond motifs is 1. The van der Waals surface area contributed by atoms with Crippen molar-refractivity contribution in [3.63, 3.8) is 0 Å². The molecule has 0 saturated carbocycles. The summed E-state index contributed by atoms with van der Waals surface area (Å²) in [5, 5.41) is 17.5. The highest BCUT2D eigenvalue weighted by molar-refractivity contribution is 5.96. The smallest absolute Gasteiger partial charge is 0.360 e. The molecule has 5 nitrogen and oxygen atoms in total. The Morgan fingerprint density at radius 3 is 2.40 bits per heavy atom. The summed E-state index contributed by atoms with van der Waals surface area (Å²) >= 11 is 0. The third-order valence-electron chi connectivity index (χ3n) is 2.79. The Morgan fingerprint density at radius 2 is 1.65 bits per heavy atom. The zero-order valence-corrected chi connectivity index (χ0v) is 10.4. The number of hydrogen-bond acceptors (Lipinski definition) is 4. The molecule has 0 amide bonds. The highest BCUT2D eigenvalue weighted by Crippen LogP contribution is 2.31. The summed E-state index contributed by atoms with van der Waals surface area (Å²) in [5.74, 6) is -0.420. The van der Waals surface area contributed by atoms with Crippen molar-refractivity contribution in [1.82, 2.24) is 10.2 Å². The molecule has 3 aromatic rings. The van der Waals surface area contributed by atoms with E-state index in [2.05, 4.69) is 10.2 Å². The number of benzene rings is 2. The Kier molecular flexibility index (Phi) is 3.01. The van der Waals surface area contributed by atoms with Gasteiger partial charge in [0.1, 0.15) is 5.75 Å². The van der Waals surface area contributed by atoms with Crippen LogP contribution >= 0.6 is 0 Å². The summed E-state index contributed by atoms with van der Waals surface area (Å²) in [4.78, 5) is 11.3. The van der Waals surface area contributed by atoms with E-state index < -0.39 is 5.97 Å². The highest BCUT2D eigenvalue weighted by atomic mass is 16.5. The summed E-state index contributed by atoms with van der Waals surface area (Å²) in [7, 11) is 0. The van der Waals surface area contributed by atoms with Crippen molar-refractivity contribution in [2.75, 3.05) is 0 Å². The molecule has 0 unspecified atom stereocenters. The molecule has 3 rings (SSSR count). The number of carboxylic acid groups (broad SMARTS) is 1. The van der Waals surface area contributed by atoms with Crippen LogP contribution in [0.3, 0.4) is 0 Å². The van der Waals surface area contributed by atoms with E-state index in [-0.39, 0.29) is 11.4 Å². The lowest BCUT2D eigenvalue weighted by Crippen LogP contribution is -2.05. The molecule has 1 aromatic heterocycles. The molecule has 1 heterocycles. The highest BCUT2D eigenvalue weighted by Gasteiger charge is 2.18. The molecule has 0 aliphatic heterocycles. The first-order valence-electron chi connectivity index (χ1n) is 5.97. The molecule has 5 heteroatoms. The number of ether oxygens (including phenoxy) is 1. The van der Waals surface area contributed by atoms with Crippen LogP contribution in [0.5, 0.6) is 11.5 Å². The maximum absolute atomic E-state index is 11.3. The molecule has 0 saturated heterocycles. The van der Waals surface area contributed by atoms with Crippen LogP contribution in [0.4, 0.5) is 0 Å². The van der Waals surface area contributed by atoms with Gasteiger partial charge in [-0.25, -0.2) is 4.79 Å². The largest absolute Gasteiger partial charge is 0.476 e. The number of hydrogen-bond donors (Lipinski definition) is 1. The molecule has 0 radical (unpaired) electrons. The Hall–Kier alpha value is -2.95. The van der Waals surface area contributed by atoms with Crippen LogP contribution in [0, 0.1) is 0 Å². The van der Waals surface area contributed by atoms with Crippen LogP contribution in [-0.2, 0) is 0 Å². The average Bonchev–Trinajstić information content (AvgIpc) is 2.48. The van der Waals surface area contributed by atoms with E-state index in [0.717, 1.165) is 0 Å². The van der Waals surface area contributed by atoms with Crippen molar-refractivity contribution < 1.29 is 14.6 Å². The topological polar surface area (TPSA) is 72.3 Å². The van der Waals surface area contributed by atoms with Gasteiger partial charge in [0.25, 0.3) is 0 Å². The second kappa shape index (κ2) is 4.97. The summed E-state index contributed by atoms with van der Waals surface area (Å²) in [6.07, 6.45) is 0. The lowest BCUT2D eigenvalue weighted by molar-refractivity contribution is 0.0686. The Labute approximate surface area is 114 Å². The van der Waals surface area contributed by atoms with Crippen LogP contribution < -0.4 is 4.74 Å². The number of aromatic nitrogens is 2. The third-order valence-corrected chi connectivity index (χ3v) is 2.79. The van der Waals surface area contributed by atoms with Gasteiger partial charge in [-0.15, -0.1) is 10.2 Å². The van der Waals surface area contributed by atoms with Crippen LogP contribution in [0.15, 0.2) is 54.6 Å².